The molecule has 2 nitrogen and oxygen atoms in total. The lowest BCUT2D eigenvalue weighted by molar-refractivity contribution is 0.534. The topological polar surface area (TPSA) is 26.0 Å². The molecule has 0 N–H and O–H groups in total. The summed E-state index contributed by atoms with van der Waals surface area (Å²) in [6.45, 7) is 5.60. The third-order valence-electron chi connectivity index (χ3n) is 1.91. The summed E-state index contributed by atoms with van der Waals surface area (Å²) in [5.74, 6) is 1.33. The maximum absolute atomic E-state index is 5.78. The van der Waals surface area contributed by atoms with Crippen molar-refractivity contribution in [2.45, 2.75) is 6.92 Å². The van der Waals surface area contributed by atoms with E-state index < -0.39 is 0 Å². The van der Waals surface area contributed by atoms with Crippen molar-refractivity contribution < 1.29 is 4.42 Å². The van der Waals surface area contributed by atoms with E-state index in [9.17, 15) is 0 Å². The summed E-state index contributed by atoms with van der Waals surface area (Å²) in [6, 6.07) is 7.40. The van der Waals surface area contributed by atoms with Crippen molar-refractivity contribution in [2.75, 3.05) is 0 Å². The van der Waals surface area contributed by atoms with Gasteiger partial charge in [-0.05, 0) is 31.2 Å². The maximum atomic E-state index is 5.78. The van der Waals surface area contributed by atoms with Crippen molar-refractivity contribution in [1.82, 2.24) is 4.98 Å². The van der Waals surface area contributed by atoms with Gasteiger partial charge in [-0.25, -0.2) is 4.98 Å². The summed E-state index contributed by atoms with van der Waals surface area (Å²) in [6.07, 6.45) is 0. The van der Waals surface area contributed by atoms with E-state index in [1.165, 1.54) is 0 Å². The molecule has 3 heteroatoms. The molecule has 71 valence electrons. The molecule has 0 spiro atoms. The molecule has 1 radical (unpaired) electrons. The van der Waals surface area contributed by atoms with E-state index in [-0.39, 0.29) is 0 Å². The van der Waals surface area contributed by atoms with E-state index >= 15 is 0 Å². The van der Waals surface area contributed by atoms with Crippen LogP contribution in [-0.4, -0.2) is 4.98 Å². The molecule has 0 bridgehead atoms. The van der Waals surface area contributed by atoms with Crippen LogP contribution in [0.25, 0.3) is 11.3 Å². The standard InChI is InChI=1S/C11H9ClNO/c1-7-11(14-8(2)13-7)9-3-5-10(12)6-4-9/h3-6H,1H2,2H3. The second kappa shape index (κ2) is 3.46. The van der Waals surface area contributed by atoms with E-state index in [1.54, 1.807) is 6.92 Å². The number of hydrogen-bond acceptors (Lipinski definition) is 2. The second-order valence-electron chi connectivity index (χ2n) is 3.02. The summed E-state index contributed by atoms with van der Waals surface area (Å²) in [7, 11) is 0. The predicted octanol–water partition coefficient (Wildman–Crippen LogP) is 3.49. The maximum Gasteiger partial charge on any atom is 0.192 e. The minimum absolute atomic E-state index is 0.625. The van der Waals surface area contributed by atoms with Gasteiger partial charge in [-0.2, -0.15) is 0 Å². The van der Waals surface area contributed by atoms with Gasteiger partial charge in [0.1, 0.15) is 0 Å². The highest BCUT2D eigenvalue weighted by atomic mass is 35.5. The highest BCUT2D eigenvalue weighted by molar-refractivity contribution is 6.30. The lowest BCUT2D eigenvalue weighted by Gasteiger charge is -1.97. The Hall–Kier alpha value is -1.28. The fourth-order valence-corrected chi connectivity index (χ4v) is 1.42. The Balaban J connectivity index is 2.49. The number of nitrogens with zero attached hydrogens (tertiary/aromatic N) is 1. The van der Waals surface area contributed by atoms with Crippen molar-refractivity contribution in [3.05, 3.63) is 47.8 Å². The monoisotopic (exact) mass is 206 g/mol. The molecule has 14 heavy (non-hydrogen) atoms. The lowest BCUT2D eigenvalue weighted by atomic mass is 10.1. The quantitative estimate of drug-likeness (QED) is 0.714. The van der Waals surface area contributed by atoms with Crippen LogP contribution in [0.3, 0.4) is 0 Å². The fourth-order valence-electron chi connectivity index (χ4n) is 1.30. The molecule has 0 atom stereocenters. The Morgan fingerprint density at radius 1 is 1.29 bits per heavy atom. The van der Waals surface area contributed by atoms with Crippen LogP contribution < -0.4 is 0 Å². The van der Waals surface area contributed by atoms with E-state index in [0.29, 0.717) is 22.4 Å². The van der Waals surface area contributed by atoms with Gasteiger partial charge >= 0.3 is 0 Å². The molecule has 0 unspecified atom stereocenters. The summed E-state index contributed by atoms with van der Waals surface area (Å²) in [5, 5.41) is 0.704. The van der Waals surface area contributed by atoms with E-state index in [2.05, 4.69) is 11.9 Å². The van der Waals surface area contributed by atoms with Crippen molar-refractivity contribution in [3.8, 4) is 11.3 Å². The Bertz CT molecular complexity index is 445. The van der Waals surface area contributed by atoms with Crippen LogP contribution in [-0.2, 0) is 0 Å². The molecule has 1 aromatic carbocycles. The first-order valence-electron chi connectivity index (χ1n) is 4.22. The van der Waals surface area contributed by atoms with Crippen LogP contribution in [0.4, 0.5) is 0 Å². The molecule has 2 aromatic rings. The number of hydrogen-bond donors (Lipinski definition) is 0. The van der Waals surface area contributed by atoms with Gasteiger partial charge in [-0.15, -0.1) is 0 Å². The molecule has 0 aliphatic carbocycles. The molecule has 0 amide bonds. The number of benzene rings is 1. The molecular formula is C11H9ClNO. The Labute approximate surface area is 87.5 Å². The number of aryl methyl sites for hydroxylation is 1. The molecule has 0 aliphatic rings. The highest BCUT2D eigenvalue weighted by Gasteiger charge is 2.08. The number of halogens is 1. The van der Waals surface area contributed by atoms with Gasteiger partial charge in [-0.1, -0.05) is 11.6 Å². The molecule has 2 rings (SSSR count). The zero-order valence-corrected chi connectivity index (χ0v) is 8.51. The number of oxazole rings is 1. The molecule has 1 aromatic heterocycles. The normalized spacial score (nSPS) is 10.5. The largest absolute Gasteiger partial charge is 0.441 e. The van der Waals surface area contributed by atoms with Crippen molar-refractivity contribution in [2.24, 2.45) is 0 Å². The third kappa shape index (κ3) is 1.66. The predicted molar refractivity (Wildman–Crippen MR) is 56.1 cm³/mol. The first-order chi connectivity index (χ1) is 6.66. The van der Waals surface area contributed by atoms with Gasteiger partial charge in [0, 0.05) is 17.5 Å². The van der Waals surface area contributed by atoms with Crippen molar-refractivity contribution >= 4 is 11.6 Å². The summed E-state index contributed by atoms with van der Waals surface area (Å²) < 4.78 is 5.42. The summed E-state index contributed by atoms with van der Waals surface area (Å²) in [4.78, 5) is 4.10. The highest BCUT2D eigenvalue weighted by Crippen LogP contribution is 2.25. The molecule has 0 saturated heterocycles. The van der Waals surface area contributed by atoms with Crippen LogP contribution >= 0.6 is 11.6 Å². The first-order valence-corrected chi connectivity index (χ1v) is 4.60. The Kier molecular flexibility index (Phi) is 2.30. The second-order valence-corrected chi connectivity index (χ2v) is 3.45. The smallest absolute Gasteiger partial charge is 0.192 e. The van der Waals surface area contributed by atoms with Crippen molar-refractivity contribution in [1.29, 1.82) is 0 Å². The van der Waals surface area contributed by atoms with E-state index in [1.807, 2.05) is 24.3 Å². The van der Waals surface area contributed by atoms with Gasteiger partial charge < -0.3 is 4.42 Å². The zero-order chi connectivity index (χ0) is 10.1. The van der Waals surface area contributed by atoms with Crippen LogP contribution in [0.1, 0.15) is 11.6 Å². The molecule has 1 heterocycles. The third-order valence-corrected chi connectivity index (χ3v) is 2.16. The van der Waals surface area contributed by atoms with Crippen molar-refractivity contribution in [3.63, 3.8) is 0 Å². The van der Waals surface area contributed by atoms with Gasteiger partial charge in [0.25, 0.3) is 0 Å². The minimum atomic E-state index is 0.625. The van der Waals surface area contributed by atoms with Gasteiger partial charge in [0.05, 0.1) is 5.69 Å². The Morgan fingerprint density at radius 3 is 2.43 bits per heavy atom. The van der Waals surface area contributed by atoms with Gasteiger partial charge in [-0.3, -0.25) is 0 Å². The van der Waals surface area contributed by atoms with Crippen LogP contribution in [0.5, 0.6) is 0 Å². The number of rotatable bonds is 1. The van der Waals surface area contributed by atoms with E-state index in [4.69, 9.17) is 16.0 Å². The average molecular weight is 207 g/mol. The summed E-state index contributed by atoms with van der Waals surface area (Å²) in [5.41, 5.74) is 1.60. The van der Waals surface area contributed by atoms with Crippen LogP contribution in [0.15, 0.2) is 28.7 Å². The van der Waals surface area contributed by atoms with Crippen LogP contribution in [0, 0.1) is 13.8 Å². The van der Waals surface area contributed by atoms with Gasteiger partial charge in [0.15, 0.2) is 11.7 Å². The molecule has 0 aliphatic heterocycles. The van der Waals surface area contributed by atoms with Crippen LogP contribution in [0.2, 0.25) is 5.02 Å². The molecular weight excluding hydrogens is 198 g/mol. The average Bonchev–Trinajstić information content (AvgIpc) is 2.47. The molecule has 0 saturated carbocycles. The first kappa shape index (κ1) is 9.28. The number of aromatic nitrogens is 1. The fraction of sp³-hybridized carbons (Fsp3) is 0.0909. The lowest BCUT2D eigenvalue weighted by Crippen LogP contribution is -1.77. The minimum Gasteiger partial charge on any atom is -0.441 e. The zero-order valence-electron chi connectivity index (χ0n) is 7.75. The summed E-state index contributed by atoms with van der Waals surface area (Å²) >= 11 is 5.78. The SMILES string of the molecule is [CH2]c1nc(C)oc1-c1ccc(Cl)cc1. The van der Waals surface area contributed by atoms with Gasteiger partial charge in [0.2, 0.25) is 0 Å². The van der Waals surface area contributed by atoms with E-state index in [0.717, 1.165) is 5.56 Å². The Morgan fingerprint density at radius 2 is 1.93 bits per heavy atom. The molecule has 0 fully saturated rings.